The minimum atomic E-state index is -0.201. The lowest BCUT2D eigenvalue weighted by atomic mass is 9.95. The number of esters is 1. The van der Waals surface area contributed by atoms with Crippen molar-refractivity contribution in [2.45, 2.75) is 34.1 Å². The first-order valence-corrected chi connectivity index (χ1v) is 6.72. The van der Waals surface area contributed by atoms with E-state index in [9.17, 15) is 9.59 Å². The molecule has 0 amide bonds. The molecule has 0 saturated carbocycles. The zero-order chi connectivity index (χ0) is 14.4. The van der Waals surface area contributed by atoms with E-state index >= 15 is 0 Å². The molecule has 0 aromatic heterocycles. The molecule has 0 radical (unpaired) electrons. The highest BCUT2D eigenvalue weighted by molar-refractivity contribution is 5.98. The Labute approximate surface area is 115 Å². The number of ether oxygens (including phenoxy) is 1. The molecule has 104 valence electrons. The number of rotatable bonds is 6. The molecule has 0 spiro atoms. The maximum Gasteiger partial charge on any atom is 0.308 e. The number of ketones is 1. The molecule has 0 saturated heterocycles. The quantitative estimate of drug-likeness (QED) is 0.583. The van der Waals surface area contributed by atoms with Gasteiger partial charge in [-0.1, -0.05) is 52.0 Å². The normalized spacial score (nSPS) is 10.8. The molecule has 1 rings (SSSR count). The summed E-state index contributed by atoms with van der Waals surface area (Å²) in [5, 5.41) is 0. The van der Waals surface area contributed by atoms with Crippen molar-refractivity contribution in [1.82, 2.24) is 0 Å². The topological polar surface area (TPSA) is 43.4 Å². The Bertz CT molecular complexity index is 447. The van der Waals surface area contributed by atoms with E-state index in [1.54, 1.807) is 13.8 Å². The standard InChI is InChI=1S/C16H22O3/c1-11(2)15(17)14-8-6-5-7-13(14)9-10-19-16(18)12(3)4/h5-8,11-12H,9-10H2,1-4H3. The van der Waals surface area contributed by atoms with Crippen LogP contribution in [0.5, 0.6) is 0 Å². The number of hydrogen-bond acceptors (Lipinski definition) is 3. The van der Waals surface area contributed by atoms with Crippen LogP contribution in [0.1, 0.15) is 43.6 Å². The molecule has 0 aliphatic carbocycles. The molecule has 0 bridgehead atoms. The van der Waals surface area contributed by atoms with E-state index in [2.05, 4.69) is 0 Å². The Morgan fingerprint density at radius 2 is 1.68 bits per heavy atom. The first-order chi connectivity index (χ1) is 8.93. The van der Waals surface area contributed by atoms with Crippen molar-refractivity contribution in [2.75, 3.05) is 6.61 Å². The zero-order valence-electron chi connectivity index (χ0n) is 12.1. The van der Waals surface area contributed by atoms with Gasteiger partial charge in [-0.3, -0.25) is 9.59 Å². The van der Waals surface area contributed by atoms with Crippen molar-refractivity contribution < 1.29 is 14.3 Å². The molecule has 0 heterocycles. The van der Waals surface area contributed by atoms with Gasteiger partial charge >= 0.3 is 5.97 Å². The van der Waals surface area contributed by atoms with Crippen molar-refractivity contribution in [3.8, 4) is 0 Å². The van der Waals surface area contributed by atoms with E-state index in [1.807, 2.05) is 38.1 Å². The molecule has 0 aliphatic rings. The molecule has 1 aromatic rings. The van der Waals surface area contributed by atoms with Crippen molar-refractivity contribution in [3.63, 3.8) is 0 Å². The van der Waals surface area contributed by atoms with Crippen LogP contribution >= 0.6 is 0 Å². The number of benzene rings is 1. The zero-order valence-corrected chi connectivity index (χ0v) is 12.1. The van der Waals surface area contributed by atoms with E-state index in [0.717, 1.165) is 11.1 Å². The highest BCUT2D eigenvalue weighted by atomic mass is 16.5. The molecular formula is C16H22O3. The Hall–Kier alpha value is -1.64. The van der Waals surface area contributed by atoms with Gasteiger partial charge in [0.15, 0.2) is 5.78 Å². The predicted octanol–water partition coefficient (Wildman–Crippen LogP) is 3.27. The third kappa shape index (κ3) is 4.51. The van der Waals surface area contributed by atoms with Gasteiger partial charge < -0.3 is 4.74 Å². The van der Waals surface area contributed by atoms with Crippen LogP contribution in [0.2, 0.25) is 0 Å². The van der Waals surface area contributed by atoms with Gasteiger partial charge in [0.1, 0.15) is 0 Å². The fraction of sp³-hybridized carbons (Fsp3) is 0.500. The largest absolute Gasteiger partial charge is 0.465 e. The second-order valence-electron chi connectivity index (χ2n) is 5.25. The first kappa shape index (κ1) is 15.4. The summed E-state index contributed by atoms with van der Waals surface area (Å²) in [6.07, 6.45) is 0.576. The van der Waals surface area contributed by atoms with Crippen LogP contribution in [-0.4, -0.2) is 18.4 Å². The van der Waals surface area contributed by atoms with Crippen LogP contribution in [0.15, 0.2) is 24.3 Å². The predicted molar refractivity (Wildman–Crippen MR) is 75.1 cm³/mol. The second kappa shape index (κ2) is 7.07. The van der Waals surface area contributed by atoms with Crippen LogP contribution < -0.4 is 0 Å². The molecule has 19 heavy (non-hydrogen) atoms. The monoisotopic (exact) mass is 262 g/mol. The fourth-order valence-corrected chi connectivity index (χ4v) is 1.72. The van der Waals surface area contributed by atoms with Crippen molar-refractivity contribution in [3.05, 3.63) is 35.4 Å². The van der Waals surface area contributed by atoms with Crippen LogP contribution in [-0.2, 0) is 16.0 Å². The van der Waals surface area contributed by atoms with Crippen LogP contribution in [0.3, 0.4) is 0 Å². The Kier molecular flexibility index (Phi) is 5.74. The van der Waals surface area contributed by atoms with Gasteiger partial charge in [0, 0.05) is 17.9 Å². The molecule has 0 atom stereocenters. The van der Waals surface area contributed by atoms with Gasteiger partial charge in [0.05, 0.1) is 12.5 Å². The highest BCUT2D eigenvalue weighted by Gasteiger charge is 2.15. The van der Waals surface area contributed by atoms with E-state index in [4.69, 9.17) is 4.74 Å². The molecule has 0 aliphatic heterocycles. The Balaban J connectivity index is 2.69. The molecule has 1 aromatic carbocycles. The summed E-state index contributed by atoms with van der Waals surface area (Å²) in [4.78, 5) is 23.4. The van der Waals surface area contributed by atoms with E-state index in [-0.39, 0.29) is 23.6 Å². The number of hydrogen-bond donors (Lipinski definition) is 0. The molecule has 0 unspecified atom stereocenters. The lowest BCUT2D eigenvalue weighted by molar-refractivity contribution is -0.147. The lowest BCUT2D eigenvalue weighted by Gasteiger charge is -2.11. The van der Waals surface area contributed by atoms with Gasteiger partial charge in [-0.05, 0) is 5.56 Å². The van der Waals surface area contributed by atoms with Gasteiger partial charge in [-0.2, -0.15) is 0 Å². The minimum absolute atomic E-state index is 0.0284. The average molecular weight is 262 g/mol. The molecule has 0 fully saturated rings. The van der Waals surface area contributed by atoms with E-state index in [0.29, 0.717) is 13.0 Å². The summed E-state index contributed by atoms with van der Waals surface area (Å²) in [5.74, 6) is -0.217. The Morgan fingerprint density at radius 1 is 1.05 bits per heavy atom. The first-order valence-electron chi connectivity index (χ1n) is 6.72. The number of Topliss-reactive ketones (excluding diaryl/α,β-unsaturated/α-hetero) is 1. The van der Waals surface area contributed by atoms with Crippen molar-refractivity contribution in [1.29, 1.82) is 0 Å². The number of carbonyl (C=O) groups excluding carboxylic acids is 2. The van der Waals surface area contributed by atoms with Gasteiger partial charge in [0.2, 0.25) is 0 Å². The van der Waals surface area contributed by atoms with Gasteiger partial charge in [-0.25, -0.2) is 0 Å². The van der Waals surface area contributed by atoms with Crippen LogP contribution in [0.25, 0.3) is 0 Å². The Morgan fingerprint density at radius 3 is 2.26 bits per heavy atom. The maximum absolute atomic E-state index is 12.1. The smallest absolute Gasteiger partial charge is 0.308 e. The number of carbonyl (C=O) groups is 2. The summed E-state index contributed by atoms with van der Waals surface area (Å²) in [6, 6.07) is 7.51. The average Bonchev–Trinajstić information content (AvgIpc) is 2.38. The third-order valence-electron chi connectivity index (χ3n) is 2.89. The van der Waals surface area contributed by atoms with Gasteiger partial charge in [0.25, 0.3) is 0 Å². The van der Waals surface area contributed by atoms with Gasteiger partial charge in [-0.15, -0.1) is 0 Å². The van der Waals surface area contributed by atoms with Crippen LogP contribution in [0, 0.1) is 11.8 Å². The lowest BCUT2D eigenvalue weighted by Crippen LogP contribution is -2.15. The maximum atomic E-state index is 12.1. The molecule has 3 heteroatoms. The fourth-order valence-electron chi connectivity index (χ4n) is 1.72. The second-order valence-corrected chi connectivity index (χ2v) is 5.25. The van der Waals surface area contributed by atoms with E-state index < -0.39 is 0 Å². The molecular weight excluding hydrogens is 240 g/mol. The van der Waals surface area contributed by atoms with E-state index in [1.165, 1.54) is 0 Å². The summed E-state index contributed by atoms with van der Waals surface area (Å²) in [7, 11) is 0. The van der Waals surface area contributed by atoms with Crippen molar-refractivity contribution in [2.24, 2.45) is 11.8 Å². The SMILES string of the molecule is CC(C)C(=O)OCCc1ccccc1C(=O)C(C)C. The molecule has 3 nitrogen and oxygen atoms in total. The summed E-state index contributed by atoms with van der Waals surface area (Å²) in [6.45, 7) is 7.70. The highest BCUT2D eigenvalue weighted by Crippen LogP contribution is 2.15. The summed E-state index contributed by atoms with van der Waals surface area (Å²) < 4.78 is 5.15. The summed E-state index contributed by atoms with van der Waals surface area (Å²) in [5.41, 5.74) is 1.68. The summed E-state index contributed by atoms with van der Waals surface area (Å²) >= 11 is 0. The minimum Gasteiger partial charge on any atom is -0.465 e. The van der Waals surface area contributed by atoms with Crippen LogP contribution in [0.4, 0.5) is 0 Å². The van der Waals surface area contributed by atoms with Crippen molar-refractivity contribution >= 4 is 11.8 Å². The molecule has 0 N–H and O–H groups in total. The third-order valence-corrected chi connectivity index (χ3v) is 2.89.